The molecule has 2 aromatic carbocycles. The number of piperidine rings is 1. The number of aromatic nitrogens is 2. The normalized spacial score (nSPS) is 16.8. The maximum Gasteiger partial charge on any atom is 0.253 e. The molecule has 28 heavy (non-hydrogen) atoms. The Balaban J connectivity index is 1.65. The Kier molecular flexibility index (Phi) is 5.02. The van der Waals surface area contributed by atoms with Gasteiger partial charge < -0.3 is 10.6 Å². The van der Waals surface area contributed by atoms with Crippen molar-refractivity contribution < 1.29 is 9.18 Å². The predicted octanol–water partition coefficient (Wildman–Crippen LogP) is 3.88. The van der Waals surface area contributed by atoms with Crippen LogP contribution in [0.2, 0.25) is 0 Å². The Morgan fingerprint density at radius 3 is 2.75 bits per heavy atom. The lowest BCUT2D eigenvalue weighted by Gasteiger charge is -2.33. The second kappa shape index (κ2) is 7.76. The summed E-state index contributed by atoms with van der Waals surface area (Å²) in [6.07, 6.45) is 3.40. The first kappa shape index (κ1) is 18.1. The molecular formula is C22H21FN4O. The number of hydrogen-bond acceptors (Lipinski definition) is 4. The summed E-state index contributed by atoms with van der Waals surface area (Å²) in [4.78, 5) is 23.3. The number of nitrogens with zero attached hydrogens (tertiary/aromatic N) is 3. The smallest absolute Gasteiger partial charge is 0.253 e. The fourth-order valence-electron chi connectivity index (χ4n) is 3.75. The highest BCUT2D eigenvalue weighted by atomic mass is 19.1. The van der Waals surface area contributed by atoms with Crippen LogP contribution in [-0.2, 0) is 0 Å². The van der Waals surface area contributed by atoms with E-state index >= 15 is 0 Å². The summed E-state index contributed by atoms with van der Waals surface area (Å²) in [6, 6.07) is 15.6. The van der Waals surface area contributed by atoms with E-state index in [9.17, 15) is 9.18 Å². The van der Waals surface area contributed by atoms with Crippen molar-refractivity contribution in [2.75, 3.05) is 18.8 Å². The molecule has 1 fully saturated rings. The standard InChI is InChI=1S/C22H21FN4O/c23-18-10-4-8-16(12-18)19-13-25-22(24)26-20(19)17-9-5-11-27(14-17)21(28)15-6-2-1-3-7-15/h1-4,6-8,10,12-13,17H,5,9,11,14H2,(H2,24,25,26). The molecule has 1 saturated heterocycles. The SMILES string of the molecule is Nc1ncc(-c2cccc(F)c2)c(C2CCCN(C(=O)c3ccccc3)C2)n1. The van der Waals surface area contributed by atoms with E-state index in [0.717, 1.165) is 24.1 Å². The number of benzene rings is 2. The van der Waals surface area contributed by atoms with E-state index in [1.165, 1.54) is 12.1 Å². The van der Waals surface area contributed by atoms with Crippen LogP contribution in [0.15, 0.2) is 60.8 Å². The molecule has 1 aliphatic heterocycles. The van der Waals surface area contributed by atoms with Crippen molar-refractivity contribution >= 4 is 11.9 Å². The van der Waals surface area contributed by atoms with E-state index in [1.807, 2.05) is 41.3 Å². The van der Waals surface area contributed by atoms with Gasteiger partial charge in [-0.1, -0.05) is 30.3 Å². The molecule has 0 aliphatic carbocycles. The largest absolute Gasteiger partial charge is 0.368 e. The van der Waals surface area contributed by atoms with E-state index in [1.54, 1.807) is 12.3 Å². The van der Waals surface area contributed by atoms with Crippen LogP contribution >= 0.6 is 0 Å². The minimum absolute atomic E-state index is 0.0135. The van der Waals surface area contributed by atoms with Crippen molar-refractivity contribution in [2.24, 2.45) is 0 Å². The van der Waals surface area contributed by atoms with Gasteiger partial charge in [-0.15, -0.1) is 0 Å². The zero-order valence-electron chi connectivity index (χ0n) is 15.4. The van der Waals surface area contributed by atoms with Crippen molar-refractivity contribution in [1.29, 1.82) is 0 Å². The fourth-order valence-corrected chi connectivity index (χ4v) is 3.75. The molecule has 142 valence electrons. The van der Waals surface area contributed by atoms with Crippen LogP contribution in [0.4, 0.5) is 10.3 Å². The van der Waals surface area contributed by atoms with Gasteiger partial charge in [0.25, 0.3) is 5.91 Å². The highest BCUT2D eigenvalue weighted by Gasteiger charge is 2.28. The third-order valence-electron chi connectivity index (χ3n) is 5.09. The van der Waals surface area contributed by atoms with Gasteiger partial charge >= 0.3 is 0 Å². The quantitative estimate of drug-likeness (QED) is 0.753. The third kappa shape index (κ3) is 3.71. The molecule has 0 bridgehead atoms. The fraction of sp³-hybridized carbons (Fsp3) is 0.227. The van der Waals surface area contributed by atoms with Crippen molar-refractivity contribution in [2.45, 2.75) is 18.8 Å². The van der Waals surface area contributed by atoms with Crippen LogP contribution in [0.1, 0.15) is 34.8 Å². The number of nitrogens with two attached hydrogens (primary N) is 1. The lowest BCUT2D eigenvalue weighted by molar-refractivity contribution is 0.0706. The molecule has 1 unspecified atom stereocenters. The summed E-state index contributed by atoms with van der Waals surface area (Å²) in [5.41, 5.74) is 8.76. The molecule has 2 N–H and O–H groups in total. The highest BCUT2D eigenvalue weighted by Crippen LogP contribution is 2.34. The lowest BCUT2D eigenvalue weighted by atomic mass is 9.89. The van der Waals surface area contributed by atoms with Gasteiger partial charge in [0, 0.05) is 36.3 Å². The van der Waals surface area contributed by atoms with E-state index in [-0.39, 0.29) is 23.6 Å². The summed E-state index contributed by atoms with van der Waals surface area (Å²) in [5, 5.41) is 0. The number of hydrogen-bond donors (Lipinski definition) is 1. The maximum atomic E-state index is 13.7. The lowest BCUT2D eigenvalue weighted by Crippen LogP contribution is -2.39. The average molecular weight is 376 g/mol. The van der Waals surface area contributed by atoms with Crippen LogP contribution in [-0.4, -0.2) is 33.9 Å². The van der Waals surface area contributed by atoms with Gasteiger partial charge in [0.15, 0.2) is 0 Å². The molecular weight excluding hydrogens is 355 g/mol. The molecule has 0 saturated carbocycles. The Morgan fingerprint density at radius 1 is 1.14 bits per heavy atom. The predicted molar refractivity (Wildman–Crippen MR) is 106 cm³/mol. The number of amides is 1. The van der Waals surface area contributed by atoms with Gasteiger partial charge in [0.05, 0.1) is 5.69 Å². The van der Waals surface area contributed by atoms with Crippen LogP contribution < -0.4 is 5.73 Å². The molecule has 1 atom stereocenters. The van der Waals surface area contributed by atoms with E-state index in [0.29, 0.717) is 24.2 Å². The molecule has 3 aromatic rings. The third-order valence-corrected chi connectivity index (χ3v) is 5.09. The summed E-state index contributed by atoms with van der Waals surface area (Å²) in [5.74, 6) is -0.101. The zero-order chi connectivity index (χ0) is 19.5. The first-order valence-electron chi connectivity index (χ1n) is 9.34. The summed E-state index contributed by atoms with van der Waals surface area (Å²) in [7, 11) is 0. The number of rotatable bonds is 3. The summed E-state index contributed by atoms with van der Waals surface area (Å²) >= 11 is 0. The monoisotopic (exact) mass is 376 g/mol. The summed E-state index contributed by atoms with van der Waals surface area (Å²) < 4.78 is 13.7. The van der Waals surface area contributed by atoms with Gasteiger partial charge in [-0.05, 0) is 42.7 Å². The van der Waals surface area contributed by atoms with Crippen LogP contribution in [0.25, 0.3) is 11.1 Å². The van der Waals surface area contributed by atoms with E-state index in [4.69, 9.17) is 5.73 Å². The number of nitrogen functional groups attached to an aromatic ring is 1. The zero-order valence-corrected chi connectivity index (χ0v) is 15.4. The molecule has 0 radical (unpaired) electrons. The highest BCUT2D eigenvalue weighted by molar-refractivity contribution is 5.94. The Labute approximate surface area is 163 Å². The van der Waals surface area contributed by atoms with Crippen molar-refractivity contribution in [1.82, 2.24) is 14.9 Å². The first-order chi connectivity index (χ1) is 13.6. The van der Waals surface area contributed by atoms with Crippen molar-refractivity contribution in [3.8, 4) is 11.1 Å². The second-order valence-corrected chi connectivity index (χ2v) is 6.99. The molecule has 6 heteroatoms. The van der Waals surface area contributed by atoms with Crippen molar-refractivity contribution in [3.05, 3.63) is 77.9 Å². The number of likely N-dealkylation sites (tertiary alicyclic amines) is 1. The second-order valence-electron chi connectivity index (χ2n) is 6.99. The Hall–Kier alpha value is -3.28. The van der Waals surface area contributed by atoms with Gasteiger partial charge in [-0.25, -0.2) is 14.4 Å². The van der Waals surface area contributed by atoms with Gasteiger partial charge in [0.2, 0.25) is 5.95 Å². The summed E-state index contributed by atoms with van der Waals surface area (Å²) in [6.45, 7) is 1.26. The molecule has 1 aliphatic rings. The number of carbonyl (C=O) groups is 1. The Bertz CT molecular complexity index is 993. The van der Waals surface area contributed by atoms with E-state index in [2.05, 4.69) is 9.97 Å². The van der Waals surface area contributed by atoms with E-state index < -0.39 is 0 Å². The van der Waals surface area contributed by atoms with Crippen LogP contribution in [0.5, 0.6) is 0 Å². The molecule has 0 spiro atoms. The maximum absolute atomic E-state index is 13.7. The molecule has 2 heterocycles. The van der Waals surface area contributed by atoms with Crippen LogP contribution in [0.3, 0.4) is 0 Å². The van der Waals surface area contributed by atoms with Gasteiger partial charge in [-0.2, -0.15) is 0 Å². The Morgan fingerprint density at radius 2 is 1.96 bits per heavy atom. The molecule has 5 nitrogen and oxygen atoms in total. The number of anilines is 1. The average Bonchev–Trinajstić information content (AvgIpc) is 2.74. The topological polar surface area (TPSA) is 72.1 Å². The minimum Gasteiger partial charge on any atom is -0.368 e. The molecule has 1 amide bonds. The van der Waals surface area contributed by atoms with Gasteiger partial charge in [-0.3, -0.25) is 4.79 Å². The van der Waals surface area contributed by atoms with Crippen molar-refractivity contribution in [3.63, 3.8) is 0 Å². The number of carbonyl (C=O) groups excluding carboxylic acids is 1. The number of halogens is 1. The van der Waals surface area contributed by atoms with Gasteiger partial charge in [0.1, 0.15) is 5.82 Å². The molecule has 4 rings (SSSR count). The minimum atomic E-state index is -0.315. The molecule has 1 aromatic heterocycles. The first-order valence-corrected chi connectivity index (χ1v) is 9.34. The van der Waals surface area contributed by atoms with Crippen LogP contribution in [0, 0.1) is 5.82 Å².